The largest absolute Gasteiger partial charge is 0.480 e. The molecule has 0 saturated carbocycles. The summed E-state index contributed by atoms with van der Waals surface area (Å²) in [5.74, 6) is -0.957. The molecular formula is C13H17N3O7. The third-order valence-electron chi connectivity index (χ3n) is 2.75. The fourth-order valence-electron chi connectivity index (χ4n) is 1.57. The van der Waals surface area contributed by atoms with Gasteiger partial charge in [-0.25, -0.2) is 0 Å². The maximum atomic E-state index is 10.2. The number of benzene rings is 1. The average molecular weight is 327 g/mol. The van der Waals surface area contributed by atoms with Crippen LogP contribution in [0.5, 0.6) is 0 Å². The van der Waals surface area contributed by atoms with Crippen molar-refractivity contribution < 1.29 is 24.5 Å². The second-order valence-electron chi connectivity index (χ2n) is 4.69. The molecule has 3 N–H and O–H groups in total. The van der Waals surface area contributed by atoms with E-state index in [4.69, 9.17) is 10.8 Å². The molecule has 10 nitrogen and oxygen atoms in total. The van der Waals surface area contributed by atoms with Gasteiger partial charge in [-0.2, -0.15) is 0 Å². The van der Waals surface area contributed by atoms with Gasteiger partial charge in [-0.1, -0.05) is 19.1 Å². The van der Waals surface area contributed by atoms with Crippen LogP contribution in [-0.4, -0.2) is 33.3 Å². The van der Waals surface area contributed by atoms with Gasteiger partial charge in [0.25, 0.3) is 0 Å². The van der Waals surface area contributed by atoms with Crippen molar-refractivity contribution in [3.8, 4) is 0 Å². The summed E-state index contributed by atoms with van der Waals surface area (Å²) in [4.78, 5) is 39.1. The molecule has 0 radical (unpaired) electrons. The Labute approximate surface area is 131 Å². The van der Waals surface area contributed by atoms with E-state index in [1.54, 1.807) is 6.92 Å². The summed E-state index contributed by atoms with van der Waals surface area (Å²) in [7, 11) is 0. The third kappa shape index (κ3) is 7.62. The van der Waals surface area contributed by atoms with E-state index in [1.807, 2.05) is 0 Å². The number of para-hydroxylation sites is 2. The van der Waals surface area contributed by atoms with E-state index in [1.165, 1.54) is 12.1 Å². The molecule has 0 aromatic heterocycles. The molecule has 0 aliphatic rings. The fraction of sp³-hybridized carbons (Fsp3) is 0.385. The smallest absolute Gasteiger partial charge is 0.346 e. The number of carboxylic acids is 1. The van der Waals surface area contributed by atoms with Crippen LogP contribution in [0.2, 0.25) is 0 Å². The lowest BCUT2D eigenvalue weighted by atomic mass is 10.00. The minimum absolute atomic E-state index is 0.0543. The van der Waals surface area contributed by atoms with Crippen molar-refractivity contribution in [1.82, 2.24) is 0 Å². The van der Waals surface area contributed by atoms with E-state index < -0.39 is 33.2 Å². The zero-order chi connectivity index (χ0) is 18.0. The summed E-state index contributed by atoms with van der Waals surface area (Å²) < 4.78 is 0. The summed E-state index contributed by atoms with van der Waals surface area (Å²) in [5.41, 5.74) is 4.26. The van der Waals surface area contributed by atoms with Crippen LogP contribution in [-0.2, 0) is 9.59 Å². The van der Waals surface area contributed by atoms with E-state index in [0.29, 0.717) is 12.8 Å². The highest BCUT2D eigenvalue weighted by atomic mass is 16.6. The van der Waals surface area contributed by atoms with Gasteiger partial charge in [0.15, 0.2) is 0 Å². The highest BCUT2D eigenvalue weighted by molar-refractivity contribution is 5.73. The third-order valence-corrected chi connectivity index (χ3v) is 2.75. The van der Waals surface area contributed by atoms with Crippen LogP contribution in [0.4, 0.5) is 11.4 Å². The molecule has 1 aromatic rings. The molecule has 2 unspecified atom stereocenters. The molecule has 0 aliphatic heterocycles. The molecule has 0 amide bonds. The van der Waals surface area contributed by atoms with Crippen molar-refractivity contribution in [3.63, 3.8) is 0 Å². The molecule has 0 spiro atoms. The van der Waals surface area contributed by atoms with Crippen molar-refractivity contribution in [2.75, 3.05) is 0 Å². The van der Waals surface area contributed by atoms with Gasteiger partial charge in [0.1, 0.15) is 12.3 Å². The molecule has 1 aromatic carbocycles. The molecule has 0 bridgehead atoms. The molecule has 10 heteroatoms. The maximum absolute atomic E-state index is 10.2. The number of carboxylic acid groups (broad SMARTS) is 1. The van der Waals surface area contributed by atoms with Crippen molar-refractivity contribution >= 4 is 23.6 Å². The van der Waals surface area contributed by atoms with Crippen molar-refractivity contribution in [2.24, 2.45) is 11.7 Å². The molecular weight excluding hydrogens is 310 g/mol. The number of hydrogen-bond donors (Lipinski definition) is 2. The number of nitro benzene ring substituents is 2. The van der Waals surface area contributed by atoms with Crippen LogP contribution in [0.1, 0.15) is 19.8 Å². The lowest BCUT2D eigenvalue weighted by Gasteiger charge is -2.10. The van der Waals surface area contributed by atoms with Gasteiger partial charge in [-0.3, -0.25) is 25.0 Å². The number of nitrogens with two attached hydrogens (primary N) is 1. The van der Waals surface area contributed by atoms with Crippen LogP contribution in [0.25, 0.3) is 0 Å². The van der Waals surface area contributed by atoms with Crippen LogP contribution >= 0.6 is 0 Å². The Balaban J connectivity index is 0.000000423. The molecule has 0 saturated heterocycles. The van der Waals surface area contributed by atoms with E-state index in [0.717, 1.165) is 18.4 Å². The summed E-state index contributed by atoms with van der Waals surface area (Å²) >= 11 is 0. The minimum atomic E-state index is -1.01. The Morgan fingerprint density at radius 1 is 1.26 bits per heavy atom. The molecule has 2 atom stereocenters. The lowest BCUT2D eigenvalue weighted by molar-refractivity contribution is -0.422. The first-order valence-electron chi connectivity index (χ1n) is 6.50. The Kier molecular flexibility index (Phi) is 8.70. The summed E-state index contributed by atoms with van der Waals surface area (Å²) in [6, 6.07) is 4.11. The van der Waals surface area contributed by atoms with Gasteiger partial charge in [0.05, 0.1) is 9.85 Å². The van der Waals surface area contributed by atoms with Crippen molar-refractivity contribution in [2.45, 2.75) is 25.8 Å². The van der Waals surface area contributed by atoms with Gasteiger partial charge in [0, 0.05) is 18.6 Å². The number of aldehydes is 1. The predicted molar refractivity (Wildman–Crippen MR) is 79.8 cm³/mol. The van der Waals surface area contributed by atoms with Crippen molar-refractivity contribution in [1.29, 1.82) is 0 Å². The summed E-state index contributed by atoms with van der Waals surface area (Å²) in [5, 5.41) is 28.8. The first-order valence-corrected chi connectivity index (χ1v) is 6.50. The number of nitrogens with zero attached hydrogens (tertiary/aromatic N) is 2. The predicted octanol–water partition coefficient (Wildman–Crippen LogP) is 1.52. The highest BCUT2D eigenvalue weighted by Gasteiger charge is 2.21. The van der Waals surface area contributed by atoms with E-state index in [2.05, 4.69) is 0 Å². The molecule has 0 heterocycles. The first kappa shape index (κ1) is 20.1. The highest BCUT2D eigenvalue weighted by Crippen LogP contribution is 2.24. The van der Waals surface area contributed by atoms with E-state index in [-0.39, 0.29) is 5.92 Å². The number of aliphatic carboxylic acids is 1. The Hall–Kier alpha value is -2.88. The fourth-order valence-corrected chi connectivity index (χ4v) is 1.57. The van der Waals surface area contributed by atoms with Gasteiger partial charge < -0.3 is 15.6 Å². The van der Waals surface area contributed by atoms with Crippen LogP contribution < -0.4 is 5.73 Å². The molecule has 23 heavy (non-hydrogen) atoms. The van der Waals surface area contributed by atoms with Gasteiger partial charge in [0.2, 0.25) is 0 Å². The number of carbonyl (C=O) groups is 2. The van der Waals surface area contributed by atoms with Crippen LogP contribution in [0.15, 0.2) is 24.3 Å². The number of nitro groups is 2. The van der Waals surface area contributed by atoms with Crippen molar-refractivity contribution in [3.05, 3.63) is 44.5 Å². The molecule has 0 aliphatic carbocycles. The quantitative estimate of drug-likeness (QED) is 0.431. The van der Waals surface area contributed by atoms with Gasteiger partial charge in [-0.15, -0.1) is 0 Å². The Bertz CT molecular complexity index is 543. The van der Waals surface area contributed by atoms with E-state index in [9.17, 15) is 29.8 Å². The SMILES string of the molecule is CC(CC=O)CC(N)C(=O)O.O=[N+]([O-])c1ccccc1[N+](=O)[O-]. The van der Waals surface area contributed by atoms with Crippen LogP contribution in [0, 0.1) is 26.1 Å². The van der Waals surface area contributed by atoms with Gasteiger partial charge >= 0.3 is 17.3 Å². The summed E-state index contributed by atoms with van der Waals surface area (Å²) in [6.07, 6.45) is 1.51. The number of rotatable bonds is 7. The normalized spacial score (nSPS) is 12.3. The minimum Gasteiger partial charge on any atom is -0.480 e. The number of hydrogen-bond acceptors (Lipinski definition) is 7. The molecule has 126 valence electrons. The Morgan fingerprint density at radius 3 is 2.00 bits per heavy atom. The number of carbonyl (C=O) groups excluding carboxylic acids is 1. The zero-order valence-electron chi connectivity index (χ0n) is 12.3. The van der Waals surface area contributed by atoms with Gasteiger partial charge in [-0.05, 0) is 12.3 Å². The molecule has 0 fully saturated rings. The second kappa shape index (κ2) is 9.95. The second-order valence-corrected chi connectivity index (χ2v) is 4.69. The first-order chi connectivity index (χ1) is 10.7. The van der Waals surface area contributed by atoms with Crippen LogP contribution in [0.3, 0.4) is 0 Å². The lowest BCUT2D eigenvalue weighted by Crippen LogP contribution is -2.31. The summed E-state index contributed by atoms with van der Waals surface area (Å²) in [6.45, 7) is 1.80. The standard InChI is InChI=1S/C7H13NO3.C6H4N2O4/c1-5(2-3-9)4-6(8)7(10)11;9-7(10)5-3-1-2-4-6(5)8(11)12/h3,5-6H,2,4,8H2,1H3,(H,10,11);1-4H. The van der Waals surface area contributed by atoms with E-state index >= 15 is 0 Å². The molecule has 1 rings (SSSR count). The monoisotopic (exact) mass is 327 g/mol. The average Bonchev–Trinajstić information content (AvgIpc) is 2.47. The zero-order valence-corrected chi connectivity index (χ0v) is 12.3. The topological polar surface area (TPSA) is 167 Å². The Morgan fingerprint density at radius 2 is 1.70 bits per heavy atom. The maximum Gasteiger partial charge on any atom is 0.346 e.